The maximum Gasteiger partial charge on any atom is 0.0161 e. The molecule has 1 aliphatic heterocycles. The molecule has 0 unspecified atom stereocenters. The molecule has 2 N–H and O–H groups in total. The molecule has 0 spiro atoms. The summed E-state index contributed by atoms with van der Waals surface area (Å²) in [5.74, 6) is 0. The van der Waals surface area contributed by atoms with Crippen LogP contribution < -0.4 is 5.73 Å². The van der Waals surface area contributed by atoms with Gasteiger partial charge in [0.05, 0.1) is 0 Å². The summed E-state index contributed by atoms with van der Waals surface area (Å²) in [6, 6.07) is 0.890. The standard InChI is InChI=1S/C16H33N3/c1-15(2,16(3,4)17)13-18-9-11-19(12-10-18)14-7-5-6-8-14/h14H,5-13,17H2,1-4H3. The van der Waals surface area contributed by atoms with Gasteiger partial charge in [0.2, 0.25) is 0 Å². The van der Waals surface area contributed by atoms with E-state index in [9.17, 15) is 0 Å². The van der Waals surface area contributed by atoms with Gasteiger partial charge in [-0.15, -0.1) is 0 Å². The van der Waals surface area contributed by atoms with Crippen molar-refractivity contribution in [2.45, 2.75) is 65.0 Å². The molecule has 0 amide bonds. The van der Waals surface area contributed by atoms with E-state index in [-0.39, 0.29) is 11.0 Å². The first-order valence-electron chi connectivity index (χ1n) is 8.05. The molecule has 3 heteroatoms. The number of hydrogen-bond donors (Lipinski definition) is 1. The first-order valence-corrected chi connectivity index (χ1v) is 8.05. The Bertz CT molecular complexity index is 279. The lowest BCUT2D eigenvalue weighted by Gasteiger charge is -2.45. The molecule has 0 aromatic rings. The largest absolute Gasteiger partial charge is 0.325 e. The fourth-order valence-corrected chi connectivity index (χ4v) is 3.32. The van der Waals surface area contributed by atoms with Crippen LogP contribution in [-0.2, 0) is 0 Å². The summed E-state index contributed by atoms with van der Waals surface area (Å²) in [4.78, 5) is 5.34. The van der Waals surface area contributed by atoms with E-state index < -0.39 is 0 Å². The van der Waals surface area contributed by atoms with Crippen molar-refractivity contribution in [3.8, 4) is 0 Å². The van der Waals surface area contributed by atoms with E-state index in [0.29, 0.717) is 0 Å². The summed E-state index contributed by atoms with van der Waals surface area (Å²) in [7, 11) is 0. The molecule has 2 fully saturated rings. The van der Waals surface area contributed by atoms with Gasteiger partial charge < -0.3 is 10.6 Å². The lowest BCUT2D eigenvalue weighted by atomic mass is 9.75. The van der Waals surface area contributed by atoms with Crippen molar-refractivity contribution in [3.63, 3.8) is 0 Å². The average Bonchev–Trinajstić information content (AvgIpc) is 2.81. The van der Waals surface area contributed by atoms with Crippen LogP contribution in [0, 0.1) is 5.41 Å². The van der Waals surface area contributed by atoms with E-state index in [0.717, 1.165) is 12.6 Å². The molecule has 0 bridgehead atoms. The molecule has 1 aliphatic carbocycles. The summed E-state index contributed by atoms with van der Waals surface area (Å²) in [5.41, 5.74) is 6.37. The van der Waals surface area contributed by atoms with Crippen LogP contribution in [0.5, 0.6) is 0 Å². The highest BCUT2D eigenvalue weighted by Gasteiger charge is 2.36. The molecule has 1 saturated carbocycles. The van der Waals surface area contributed by atoms with Crippen LogP contribution in [0.3, 0.4) is 0 Å². The Morgan fingerprint density at radius 3 is 1.95 bits per heavy atom. The number of hydrogen-bond acceptors (Lipinski definition) is 3. The van der Waals surface area contributed by atoms with Gasteiger partial charge in [0.15, 0.2) is 0 Å². The van der Waals surface area contributed by atoms with E-state index in [1.165, 1.54) is 51.9 Å². The van der Waals surface area contributed by atoms with Crippen LogP contribution in [0.25, 0.3) is 0 Å². The monoisotopic (exact) mass is 267 g/mol. The SMILES string of the molecule is CC(C)(N)C(C)(C)CN1CCN(C2CCCC2)CC1. The summed E-state index contributed by atoms with van der Waals surface area (Å²) >= 11 is 0. The van der Waals surface area contributed by atoms with Crippen molar-refractivity contribution in [2.75, 3.05) is 32.7 Å². The van der Waals surface area contributed by atoms with Crippen LogP contribution in [-0.4, -0.2) is 54.1 Å². The summed E-state index contributed by atoms with van der Waals surface area (Å²) in [6.45, 7) is 15.0. The second-order valence-corrected chi connectivity index (χ2v) is 7.86. The molecular formula is C16H33N3. The van der Waals surface area contributed by atoms with E-state index >= 15 is 0 Å². The van der Waals surface area contributed by atoms with Gasteiger partial charge in [-0.2, -0.15) is 0 Å². The zero-order valence-corrected chi connectivity index (χ0v) is 13.4. The summed E-state index contributed by atoms with van der Waals surface area (Å²) < 4.78 is 0. The summed E-state index contributed by atoms with van der Waals surface area (Å²) in [5, 5.41) is 0. The Labute approximate surface area is 119 Å². The van der Waals surface area contributed by atoms with Gasteiger partial charge in [0.25, 0.3) is 0 Å². The second-order valence-electron chi connectivity index (χ2n) is 7.86. The van der Waals surface area contributed by atoms with Crippen molar-refractivity contribution in [1.29, 1.82) is 0 Å². The molecule has 2 aliphatic rings. The Morgan fingerprint density at radius 1 is 0.947 bits per heavy atom. The second kappa shape index (κ2) is 5.71. The Balaban J connectivity index is 1.80. The fourth-order valence-electron chi connectivity index (χ4n) is 3.32. The van der Waals surface area contributed by atoms with Gasteiger partial charge in [-0.05, 0) is 32.1 Å². The first kappa shape index (κ1) is 15.3. The average molecular weight is 267 g/mol. The number of rotatable bonds is 4. The van der Waals surface area contributed by atoms with Gasteiger partial charge in [-0.25, -0.2) is 0 Å². The molecule has 112 valence electrons. The van der Waals surface area contributed by atoms with Crippen LogP contribution >= 0.6 is 0 Å². The van der Waals surface area contributed by atoms with Gasteiger partial charge in [0.1, 0.15) is 0 Å². The van der Waals surface area contributed by atoms with Crippen LogP contribution in [0.15, 0.2) is 0 Å². The Kier molecular flexibility index (Phi) is 4.59. The lowest BCUT2D eigenvalue weighted by Crippen LogP contribution is -2.57. The minimum Gasteiger partial charge on any atom is -0.325 e. The Hall–Kier alpha value is -0.120. The number of piperazine rings is 1. The van der Waals surface area contributed by atoms with E-state index in [2.05, 4.69) is 37.5 Å². The zero-order valence-electron chi connectivity index (χ0n) is 13.4. The molecular weight excluding hydrogens is 234 g/mol. The van der Waals surface area contributed by atoms with Crippen LogP contribution in [0.2, 0.25) is 0 Å². The van der Waals surface area contributed by atoms with Crippen LogP contribution in [0.4, 0.5) is 0 Å². The highest BCUT2D eigenvalue weighted by molar-refractivity contribution is 4.93. The third-order valence-corrected chi connectivity index (χ3v) is 5.61. The van der Waals surface area contributed by atoms with E-state index in [1.54, 1.807) is 0 Å². The molecule has 0 atom stereocenters. The van der Waals surface area contributed by atoms with Crippen molar-refractivity contribution in [1.82, 2.24) is 9.80 Å². The van der Waals surface area contributed by atoms with Gasteiger partial charge in [-0.1, -0.05) is 26.7 Å². The fraction of sp³-hybridized carbons (Fsp3) is 1.00. The van der Waals surface area contributed by atoms with E-state index in [4.69, 9.17) is 5.73 Å². The molecule has 0 aromatic heterocycles. The highest BCUT2D eigenvalue weighted by atomic mass is 15.3. The topological polar surface area (TPSA) is 32.5 Å². The van der Waals surface area contributed by atoms with Crippen molar-refractivity contribution in [3.05, 3.63) is 0 Å². The van der Waals surface area contributed by atoms with Gasteiger partial charge >= 0.3 is 0 Å². The quantitative estimate of drug-likeness (QED) is 0.848. The van der Waals surface area contributed by atoms with Crippen molar-refractivity contribution < 1.29 is 0 Å². The minimum atomic E-state index is -0.115. The predicted molar refractivity (Wildman–Crippen MR) is 82.3 cm³/mol. The molecule has 1 saturated heterocycles. The third kappa shape index (κ3) is 3.71. The molecule has 0 radical (unpaired) electrons. The van der Waals surface area contributed by atoms with E-state index in [1.807, 2.05) is 0 Å². The lowest BCUT2D eigenvalue weighted by molar-refractivity contribution is 0.0523. The van der Waals surface area contributed by atoms with Crippen molar-refractivity contribution >= 4 is 0 Å². The molecule has 2 rings (SSSR count). The molecule has 1 heterocycles. The predicted octanol–water partition coefficient (Wildman–Crippen LogP) is 2.31. The van der Waals surface area contributed by atoms with Gasteiger partial charge in [-0.3, -0.25) is 4.90 Å². The smallest absolute Gasteiger partial charge is 0.0161 e. The molecule has 3 nitrogen and oxygen atoms in total. The first-order chi connectivity index (χ1) is 8.79. The molecule has 19 heavy (non-hydrogen) atoms. The minimum absolute atomic E-state index is 0.115. The number of nitrogens with two attached hydrogens (primary N) is 1. The summed E-state index contributed by atoms with van der Waals surface area (Å²) in [6.07, 6.45) is 5.75. The normalized spacial score (nSPS) is 25.1. The maximum atomic E-state index is 6.32. The maximum absolute atomic E-state index is 6.32. The van der Waals surface area contributed by atoms with Crippen LogP contribution in [0.1, 0.15) is 53.4 Å². The highest BCUT2D eigenvalue weighted by Crippen LogP contribution is 2.30. The molecule has 0 aromatic carbocycles. The number of nitrogens with zero attached hydrogens (tertiary/aromatic N) is 2. The third-order valence-electron chi connectivity index (χ3n) is 5.61. The van der Waals surface area contributed by atoms with Crippen molar-refractivity contribution in [2.24, 2.45) is 11.1 Å². The van der Waals surface area contributed by atoms with Gasteiger partial charge in [0, 0.05) is 44.3 Å². The Morgan fingerprint density at radius 2 is 1.47 bits per heavy atom. The zero-order chi connectivity index (χ0) is 14.1.